The van der Waals surface area contributed by atoms with Crippen LogP contribution in [0.3, 0.4) is 0 Å². The van der Waals surface area contributed by atoms with Crippen molar-refractivity contribution in [3.8, 4) is 0 Å². The van der Waals surface area contributed by atoms with E-state index >= 15 is 0 Å². The normalized spacial score (nSPS) is 13.2. The van der Waals surface area contributed by atoms with Gasteiger partial charge in [0.2, 0.25) is 0 Å². The molecule has 0 fully saturated rings. The molecule has 0 spiro atoms. The van der Waals surface area contributed by atoms with E-state index in [-0.39, 0.29) is 24.8 Å². The van der Waals surface area contributed by atoms with E-state index in [4.69, 9.17) is 0 Å². The fourth-order valence-corrected chi connectivity index (χ4v) is 2.58. The van der Waals surface area contributed by atoms with Gasteiger partial charge in [-0.1, -0.05) is 0 Å². The summed E-state index contributed by atoms with van der Waals surface area (Å²) in [4.78, 5) is 0. The number of rotatable bonds is 2. The minimum Gasteiger partial charge on any atom is -0.147 e. The Kier molecular flexibility index (Phi) is 7.56. The molecule has 85 valence electrons. The van der Waals surface area contributed by atoms with E-state index in [0.29, 0.717) is 0 Å². The van der Waals surface area contributed by atoms with Crippen molar-refractivity contribution < 1.29 is 24.7 Å². The second kappa shape index (κ2) is 7.48. The maximum absolute atomic E-state index is 2.31. The van der Waals surface area contributed by atoms with Crippen LogP contribution in [0.4, 0.5) is 0 Å². The second-order valence-electron chi connectivity index (χ2n) is 3.55. The van der Waals surface area contributed by atoms with E-state index in [9.17, 15) is 0 Å². The standard InChI is InChI=1S/C13H13.2ClH.Zr/c1-2-11-6-5-9-13(10-11)12-7-3-4-8-12;;;/h3,5-7,9-10H,2,4H2,1H3;2*1H;. The number of aryl methyl sites for hydroxylation is 1. The zero-order chi connectivity index (χ0) is 9.97. The largest absolute Gasteiger partial charge is 0.147 e. The van der Waals surface area contributed by atoms with Crippen LogP contribution in [-0.2, 0) is 31.1 Å². The first kappa shape index (κ1) is 16.2. The molecule has 0 saturated heterocycles. The Morgan fingerprint density at radius 1 is 1.25 bits per heavy atom. The van der Waals surface area contributed by atoms with E-state index in [0.717, 1.165) is 12.8 Å². The van der Waals surface area contributed by atoms with Crippen LogP contribution in [0.2, 0.25) is 0 Å². The minimum absolute atomic E-state index is 0. The number of halogens is 2. The molecular formula is C13H15Cl2Zr. The van der Waals surface area contributed by atoms with Gasteiger partial charge in [0.25, 0.3) is 0 Å². The first-order valence-electron chi connectivity index (χ1n) is 5.02. The molecule has 2 rings (SSSR count). The third kappa shape index (κ3) is 3.59. The average Bonchev–Trinajstić information content (AvgIpc) is 2.65. The van der Waals surface area contributed by atoms with Crippen molar-refractivity contribution >= 4 is 30.4 Å². The fourth-order valence-electron chi connectivity index (χ4n) is 1.73. The van der Waals surface area contributed by atoms with Gasteiger partial charge >= 0.3 is 101 Å². The van der Waals surface area contributed by atoms with Gasteiger partial charge in [0.1, 0.15) is 0 Å². The van der Waals surface area contributed by atoms with Crippen molar-refractivity contribution in [2.45, 2.75) is 19.8 Å². The number of hydrogen-bond donors (Lipinski definition) is 0. The van der Waals surface area contributed by atoms with E-state index in [1.807, 2.05) is 0 Å². The van der Waals surface area contributed by atoms with Crippen LogP contribution in [0.15, 0.2) is 39.7 Å². The van der Waals surface area contributed by atoms with Crippen LogP contribution in [0.5, 0.6) is 0 Å². The molecule has 0 aliphatic heterocycles. The average molecular weight is 333 g/mol. The Bertz CT molecular complexity index is 408. The summed E-state index contributed by atoms with van der Waals surface area (Å²) in [6.45, 7) is 2.20. The zero-order valence-corrected chi connectivity index (χ0v) is 13.3. The first-order chi connectivity index (χ1) is 6.81. The summed E-state index contributed by atoms with van der Waals surface area (Å²) in [6.07, 6.45) is 6.80. The molecule has 0 radical (unpaired) electrons. The molecule has 1 aromatic rings. The molecule has 0 N–H and O–H groups in total. The van der Waals surface area contributed by atoms with Gasteiger partial charge in [-0.05, 0) is 0 Å². The molecule has 0 amide bonds. The monoisotopic (exact) mass is 331 g/mol. The van der Waals surface area contributed by atoms with Gasteiger partial charge in [0.15, 0.2) is 0 Å². The predicted octanol–water partition coefficient (Wildman–Crippen LogP) is 4.31. The van der Waals surface area contributed by atoms with Gasteiger partial charge in [0.05, 0.1) is 0 Å². The van der Waals surface area contributed by atoms with E-state index in [1.165, 1.54) is 16.7 Å². The van der Waals surface area contributed by atoms with Crippen LogP contribution >= 0.6 is 24.8 Å². The third-order valence-corrected chi connectivity index (χ3v) is 3.74. The van der Waals surface area contributed by atoms with Gasteiger partial charge in [-0.3, -0.25) is 0 Å². The molecule has 0 heterocycles. The molecule has 0 saturated carbocycles. The Morgan fingerprint density at radius 3 is 2.56 bits per heavy atom. The van der Waals surface area contributed by atoms with Crippen LogP contribution in [-0.4, -0.2) is 0 Å². The van der Waals surface area contributed by atoms with Crippen LogP contribution in [0.1, 0.15) is 24.5 Å². The van der Waals surface area contributed by atoms with Crippen LogP contribution < -0.4 is 0 Å². The first-order valence-corrected chi connectivity index (χ1v) is 6.24. The van der Waals surface area contributed by atoms with E-state index in [1.54, 1.807) is 28.0 Å². The maximum atomic E-state index is 2.31. The van der Waals surface area contributed by atoms with Gasteiger partial charge in [0, 0.05) is 0 Å². The van der Waals surface area contributed by atoms with Crippen LogP contribution in [0, 0.1) is 0 Å². The van der Waals surface area contributed by atoms with E-state index < -0.39 is 0 Å². The minimum atomic E-state index is 0. The molecule has 1 aromatic carbocycles. The van der Waals surface area contributed by atoms with Gasteiger partial charge < -0.3 is 0 Å². The van der Waals surface area contributed by atoms with Crippen molar-refractivity contribution in [3.63, 3.8) is 0 Å². The summed E-state index contributed by atoms with van der Waals surface area (Å²) in [5.41, 5.74) is 4.28. The number of hydrogen-bond acceptors (Lipinski definition) is 0. The Labute approximate surface area is 125 Å². The fraction of sp³-hybridized carbons (Fsp3) is 0.231. The molecule has 0 unspecified atom stereocenters. The van der Waals surface area contributed by atoms with Crippen molar-refractivity contribution in [1.29, 1.82) is 0 Å². The van der Waals surface area contributed by atoms with Gasteiger partial charge in [-0.25, -0.2) is 0 Å². The maximum Gasteiger partial charge on any atom is -0.147 e. The molecular weight excluding hydrogens is 318 g/mol. The van der Waals surface area contributed by atoms with Crippen molar-refractivity contribution in [2.75, 3.05) is 0 Å². The molecule has 3 heteroatoms. The van der Waals surface area contributed by atoms with E-state index in [2.05, 4.69) is 43.3 Å². The molecule has 0 aromatic heterocycles. The summed E-state index contributed by atoms with van der Waals surface area (Å²) >= 11 is 1.55. The number of benzene rings is 1. The SMILES string of the molecule is CCc1cccc(C2=[C]([Zr])CC=C2)c1.Cl.Cl. The summed E-state index contributed by atoms with van der Waals surface area (Å²) in [7, 11) is 0. The van der Waals surface area contributed by atoms with Gasteiger partial charge in [-0.2, -0.15) is 0 Å². The molecule has 1 aliphatic rings. The molecule has 16 heavy (non-hydrogen) atoms. The zero-order valence-electron chi connectivity index (χ0n) is 9.19. The summed E-state index contributed by atoms with van der Waals surface area (Å²) in [5, 5.41) is 0. The third-order valence-electron chi connectivity index (χ3n) is 2.58. The van der Waals surface area contributed by atoms with Crippen molar-refractivity contribution in [2.24, 2.45) is 0 Å². The van der Waals surface area contributed by atoms with Crippen molar-refractivity contribution in [1.82, 2.24) is 0 Å². The predicted molar refractivity (Wildman–Crippen MR) is 71.0 cm³/mol. The van der Waals surface area contributed by atoms with Crippen molar-refractivity contribution in [3.05, 3.63) is 50.8 Å². The number of allylic oxidation sites excluding steroid dienone is 4. The smallest absolute Gasteiger partial charge is 0.147 e. The summed E-state index contributed by atoms with van der Waals surface area (Å²) < 4.78 is 1.57. The Morgan fingerprint density at radius 2 is 2.00 bits per heavy atom. The quantitative estimate of drug-likeness (QED) is 0.756. The summed E-state index contributed by atoms with van der Waals surface area (Å²) in [6, 6.07) is 8.89. The van der Waals surface area contributed by atoms with Gasteiger partial charge in [-0.15, -0.1) is 24.8 Å². The molecule has 0 nitrogen and oxygen atoms in total. The topological polar surface area (TPSA) is 0 Å². The Balaban J connectivity index is 0.00000112. The molecule has 0 atom stereocenters. The molecule has 1 aliphatic carbocycles. The van der Waals surface area contributed by atoms with Crippen LogP contribution in [0.25, 0.3) is 5.57 Å². The molecule has 0 bridgehead atoms. The Hall–Kier alpha value is 0.163. The summed E-state index contributed by atoms with van der Waals surface area (Å²) in [5.74, 6) is 0. The second-order valence-corrected chi connectivity index (χ2v) is 5.04.